The van der Waals surface area contributed by atoms with Gasteiger partial charge in [0.15, 0.2) is 11.6 Å². The van der Waals surface area contributed by atoms with Crippen LogP contribution in [0, 0.1) is 11.7 Å². The number of sulfonamides is 1. The van der Waals surface area contributed by atoms with E-state index in [4.69, 9.17) is 4.74 Å². The van der Waals surface area contributed by atoms with Gasteiger partial charge >= 0.3 is 6.03 Å². The average molecular weight is 472 g/mol. The van der Waals surface area contributed by atoms with Crippen LogP contribution in [-0.2, 0) is 20.4 Å². The highest BCUT2D eigenvalue weighted by Gasteiger charge is 2.30. The van der Waals surface area contributed by atoms with Crippen LogP contribution in [0.25, 0.3) is 0 Å². The standard InChI is InChI=1S/C21H30FN3O6S/c1-4-21(28,16-7-8-17(22)18(11-16)31-13-15(2)3)14-23-32(29,30)10-6-5-9-25-12-19(26)24-20(25)27/h5-8,11,15,23,28H,4,9-10,12-14H2,1-3H3,(H,24,26,27)/b6-5+. The van der Waals surface area contributed by atoms with Crippen LogP contribution in [-0.4, -0.2) is 62.4 Å². The number of hydrogen-bond acceptors (Lipinski definition) is 6. The van der Waals surface area contributed by atoms with Gasteiger partial charge in [0.2, 0.25) is 15.9 Å². The number of imide groups is 1. The average Bonchev–Trinajstić information content (AvgIpc) is 3.05. The maximum atomic E-state index is 14.0. The van der Waals surface area contributed by atoms with Gasteiger partial charge in [-0.25, -0.2) is 22.3 Å². The van der Waals surface area contributed by atoms with E-state index in [1.165, 1.54) is 35.3 Å². The molecule has 1 aliphatic rings. The Hall–Kier alpha value is -2.50. The molecule has 1 fully saturated rings. The second-order valence-electron chi connectivity index (χ2n) is 8.04. The SMILES string of the molecule is CCC(O)(CNS(=O)(=O)C/C=C/CN1CC(=O)NC1=O)c1ccc(F)c(OCC(C)C)c1. The van der Waals surface area contributed by atoms with E-state index >= 15 is 0 Å². The van der Waals surface area contributed by atoms with Crippen molar-refractivity contribution in [3.05, 3.63) is 41.7 Å². The van der Waals surface area contributed by atoms with Crippen LogP contribution in [0.3, 0.4) is 0 Å². The molecule has 1 unspecified atom stereocenters. The Kier molecular flexibility index (Phi) is 8.76. The number of nitrogens with zero attached hydrogens (tertiary/aromatic N) is 1. The topological polar surface area (TPSA) is 125 Å². The molecule has 2 rings (SSSR count). The fraction of sp³-hybridized carbons (Fsp3) is 0.524. The number of hydrogen-bond donors (Lipinski definition) is 3. The summed E-state index contributed by atoms with van der Waals surface area (Å²) in [7, 11) is -3.78. The number of ether oxygens (including phenoxy) is 1. The van der Waals surface area contributed by atoms with Gasteiger partial charge < -0.3 is 14.7 Å². The Balaban J connectivity index is 1.98. The van der Waals surface area contributed by atoms with Gasteiger partial charge in [0.05, 0.1) is 12.4 Å². The van der Waals surface area contributed by atoms with Crippen LogP contribution in [0.4, 0.5) is 9.18 Å². The summed E-state index contributed by atoms with van der Waals surface area (Å²) in [6, 6.07) is 3.45. The molecule has 1 saturated heterocycles. The fourth-order valence-corrected chi connectivity index (χ4v) is 3.87. The van der Waals surface area contributed by atoms with Crippen molar-refractivity contribution in [2.45, 2.75) is 32.8 Å². The zero-order valence-corrected chi connectivity index (χ0v) is 19.2. The van der Waals surface area contributed by atoms with E-state index in [0.717, 1.165) is 0 Å². The van der Waals surface area contributed by atoms with Crippen molar-refractivity contribution in [3.63, 3.8) is 0 Å². The molecule has 32 heavy (non-hydrogen) atoms. The number of aliphatic hydroxyl groups is 1. The molecule has 1 aliphatic heterocycles. The van der Waals surface area contributed by atoms with Gasteiger partial charge in [0, 0.05) is 13.1 Å². The number of amides is 3. The van der Waals surface area contributed by atoms with Gasteiger partial charge in [-0.3, -0.25) is 10.1 Å². The molecule has 1 atom stereocenters. The van der Waals surface area contributed by atoms with Crippen molar-refractivity contribution >= 4 is 22.0 Å². The quantitative estimate of drug-likeness (QED) is 0.313. The molecule has 3 N–H and O–H groups in total. The maximum absolute atomic E-state index is 14.0. The van der Waals surface area contributed by atoms with Crippen molar-refractivity contribution < 1.29 is 32.2 Å². The van der Waals surface area contributed by atoms with Gasteiger partial charge in [0.25, 0.3) is 0 Å². The summed E-state index contributed by atoms with van der Waals surface area (Å²) in [4.78, 5) is 23.8. The number of halogens is 1. The number of carbonyl (C=O) groups is 2. The molecule has 1 heterocycles. The second kappa shape index (κ2) is 10.9. The molecule has 1 aromatic rings. The van der Waals surface area contributed by atoms with Crippen LogP contribution < -0.4 is 14.8 Å². The van der Waals surface area contributed by atoms with Crippen LogP contribution >= 0.6 is 0 Å². The number of carbonyl (C=O) groups excluding carboxylic acids is 2. The highest BCUT2D eigenvalue weighted by Crippen LogP contribution is 2.29. The Morgan fingerprint density at radius 2 is 2.06 bits per heavy atom. The molecular weight excluding hydrogens is 441 g/mol. The van der Waals surface area contributed by atoms with E-state index in [1.54, 1.807) is 6.92 Å². The molecule has 0 aromatic heterocycles. The molecular formula is C21H30FN3O6S. The molecule has 0 spiro atoms. The lowest BCUT2D eigenvalue weighted by Crippen LogP contribution is -2.41. The van der Waals surface area contributed by atoms with Gasteiger partial charge in [0.1, 0.15) is 12.1 Å². The lowest BCUT2D eigenvalue weighted by Gasteiger charge is -2.28. The third kappa shape index (κ3) is 7.28. The summed E-state index contributed by atoms with van der Waals surface area (Å²) < 4.78 is 46.5. The Bertz CT molecular complexity index is 966. The predicted molar refractivity (Wildman–Crippen MR) is 117 cm³/mol. The Morgan fingerprint density at radius 3 is 2.66 bits per heavy atom. The second-order valence-corrected chi connectivity index (χ2v) is 9.89. The largest absolute Gasteiger partial charge is 0.490 e. The third-order valence-corrected chi connectivity index (χ3v) is 6.10. The van der Waals surface area contributed by atoms with Gasteiger partial charge in [-0.05, 0) is 30.0 Å². The molecule has 3 amide bonds. The van der Waals surface area contributed by atoms with E-state index in [0.29, 0.717) is 12.2 Å². The van der Waals surface area contributed by atoms with Crippen molar-refractivity contribution in [1.29, 1.82) is 0 Å². The zero-order chi connectivity index (χ0) is 23.9. The number of rotatable bonds is 12. The fourth-order valence-electron chi connectivity index (χ4n) is 2.91. The molecule has 0 bridgehead atoms. The first-order valence-corrected chi connectivity index (χ1v) is 12.0. The van der Waals surface area contributed by atoms with Gasteiger partial charge in [-0.1, -0.05) is 39.0 Å². The minimum absolute atomic E-state index is 0.00158. The van der Waals surface area contributed by atoms with Crippen molar-refractivity contribution in [3.8, 4) is 5.75 Å². The Labute approximate surface area is 187 Å². The lowest BCUT2D eigenvalue weighted by molar-refractivity contribution is -0.118. The summed E-state index contributed by atoms with van der Waals surface area (Å²) in [5.74, 6) is -1.16. The van der Waals surface area contributed by atoms with Crippen LogP contribution in [0.1, 0.15) is 32.8 Å². The minimum Gasteiger partial charge on any atom is -0.490 e. The monoisotopic (exact) mass is 471 g/mol. The number of urea groups is 1. The van der Waals surface area contributed by atoms with Crippen LogP contribution in [0.15, 0.2) is 30.4 Å². The van der Waals surface area contributed by atoms with Crippen molar-refractivity contribution in [2.24, 2.45) is 5.92 Å². The summed E-state index contributed by atoms with van der Waals surface area (Å²) in [5.41, 5.74) is -1.22. The van der Waals surface area contributed by atoms with E-state index in [1.807, 2.05) is 13.8 Å². The first kappa shape index (κ1) is 25.8. The molecule has 9 nitrogen and oxygen atoms in total. The highest BCUT2D eigenvalue weighted by atomic mass is 32.2. The van der Waals surface area contributed by atoms with Crippen molar-refractivity contribution in [1.82, 2.24) is 14.9 Å². The summed E-state index contributed by atoms with van der Waals surface area (Å²) >= 11 is 0. The number of benzene rings is 1. The molecule has 0 aliphatic carbocycles. The lowest BCUT2D eigenvalue weighted by atomic mass is 9.91. The summed E-state index contributed by atoms with van der Waals surface area (Å²) in [6.07, 6.45) is 3.01. The van der Waals surface area contributed by atoms with E-state index in [9.17, 15) is 27.5 Å². The molecule has 178 valence electrons. The van der Waals surface area contributed by atoms with Crippen LogP contribution in [0.2, 0.25) is 0 Å². The maximum Gasteiger partial charge on any atom is 0.324 e. The number of nitrogens with one attached hydrogen (secondary N) is 2. The first-order chi connectivity index (χ1) is 15.0. The molecule has 0 radical (unpaired) electrons. The molecule has 0 saturated carbocycles. The Morgan fingerprint density at radius 1 is 1.34 bits per heavy atom. The predicted octanol–water partition coefficient (Wildman–Crippen LogP) is 1.49. The van der Waals surface area contributed by atoms with Gasteiger partial charge in [-0.2, -0.15) is 0 Å². The van der Waals surface area contributed by atoms with Gasteiger partial charge in [-0.15, -0.1) is 0 Å². The third-order valence-electron chi connectivity index (χ3n) is 4.89. The zero-order valence-electron chi connectivity index (χ0n) is 18.4. The normalized spacial score (nSPS) is 16.6. The van der Waals surface area contributed by atoms with E-state index in [2.05, 4.69) is 10.0 Å². The summed E-state index contributed by atoms with van der Waals surface area (Å²) in [6.45, 7) is 5.56. The highest BCUT2D eigenvalue weighted by molar-refractivity contribution is 7.89. The first-order valence-electron chi connectivity index (χ1n) is 10.3. The van der Waals surface area contributed by atoms with Crippen molar-refractivity contribution in [2.75, 3.05) is 32.0 Å². The van der Waals surface area contributed by atoms with Crippen LogP contribution in [0.5, 0.6) is 5.75 Å². The molecule has 1 aromatic carbocycles. The smallest absolute Gasteiger partial charge is 0.324 e. The van der Waals surface area contributed by atoms with E-state index < -0.39 is 33.4 Å². The molecule has 11 heteroatoms. The van der Waals surface area contributed by atoms with E-state index in [-0.39, 0.29) is 43.5 Å². The summed E-state index contributed by atoms with van der Waals surface area (Å²) in [5, 5.41) is 13.1. The minimum atomic E-state index is -3.78.